The molecular formula is C21H21BN8O3. The molecule has 11 nitrogen and oxygen atoms in total. The molecule has 4 heterocycles. The molecule has 0 spiro atoms. The number of amides is 1. The van der Waals surface area contributed by atoms with Crippen molar-refractivity contribution in [3.8, 4) is 11.6 Å². The van der Waals surface area contributed by atoms with Crippen LogP contribution in [0.3, 0.4) is 0 Å². The first-order valence-corrected chi connectivity index (χ1v) is 10.5. The maximum absolute atomic E-state index is 11.8. The number of benzene rings is 1. The minimum absolute atomic E-state index is 0.261. The zero-order valence-electron chi connectivity index (χ0n) is 17.6. The van der Waals surface area contributed by atoms with Crippen LogP contribution >= 0.6 is 0 Å². The van der Waals surface area contributed by atoms with Gasteiger partial charge in [0, 0.05) is 24.8 Å². The summed E-state index contributed by atoms with van der Waals surface area (Å²) in [7, 11) is -1.53. The van der Waals surface area contributed by atoms with E-state index in [2.05, 4.69) is 25.8 Å². The number of nitrogens with two attached hydrogens (primary N) is 1. The molecule has 0 saturated heterocycles. The van der Waals surface area contributed by atoms with Crippen molar-refractivity contribution < 1.29 is 14.8 Å². The fourth-order valence-electron chi connectivity index (χ4n) is 3.90. The van der Waals surface area contributed by atoms with Crippen molar-refractivity contribution in [1.29, 1.82) is 0 Å². The molecule has 166 valence electrons. The molecular weight excluding hydrogens is 423 g/mol. The smallest absolute Gasteiger partial charge is 0.423 e. The highest BCUT2D eigenvalue weighted by Crippen LogP contribution is 2.29. The molecule has 1 amide bonds. The molecule has 0 atom stereocenters. The highest BCUT2D eigenvalue weighted by atomic mass is 16.4. The van der Waals surface area contributed by atoms with Gasteiger partial charge in [-0.25, -0.2) is 9.97 Å². The van der Waals surface area contributed by atoms with E-state index < -0.39 is 13.0 Å². The molecule has 0 radical (unpaired) electrons. The van der Waals surface area contributed by atoms with E-state index in [-0.39, 0.29) is 5.56 Å². The average molecular weight is 444 g/mol. The van der Waals surface area contributed by atoms with Crippen LogP contribution in [0.15, 0.2) is 42.6 Å². The number of carbonyl (C=O) groups excluding carboxylic acids is 1. The summed E-state index contributed by atoms with van der Waals surface area (Å²) in [6, 6.07) is 10.3. The Bertz CT molecular complexity index is 1360. The van der Waals surface area contributed by atoms with Crippen LogP contribution in [0.1, 0.15) is 27.9 Å². The third-order valence-electron chi connectivity index (χ3n) is 5.51. The quantitative estimate of drug-likeness (QED) is 0.256. The maximum atomic E-state index is 11.8. The van der Waals surface area contributed by atoms with E-state index in [4.69, 9.17) is 10.7 Å². The molecule has 3 aromatic heterocycles. The van der Waals surface area contributed by atoms with Gasteiger partial charge in [0.2, 0.25) is 11.6 Å². The van der Waals surface area contributed by atoms with E-state index in [0.29, 0.717) is 35.1 Å². The van der Waals surface area contributed by atoms with Crippen LogP contribution in [0.5, 0.6) is 0 Å². The number of nitrogens with zero attached hydrogens (tertiary/aromatic N) is 5. The van der Waals surface area contributed by atoms with E-state index in [1.54, 1.807) is 40.9 Å². The average Bonchev–Trinajstić information content (AvgIpc) is 3.26. The minimum atomic E-state index is -1.53. The van der Waals surface area contributed by atoms with Gasteiger partial charge in [-0.1, -0.05) is 24.3 Å². The van der Waals surface area contributed by atoms with E-state index in [1.165, 1.54) is 0 Å². The number of hydrogen-bond donors (Lipinski definition) is 5. The Hall–Kier alpha value is -4.03. The fraction of sp³-hybridized carbons (Fsp3) is 0.190. The molecule has 0 fully saturated rings. The van der Waals surface area contributed by atoms with Gasteiger partial charge < -0.3 is 26.4 Å². The molecule has 1 aliphatic heterocycles. The summed E-state index contributed by atoms with van der Waals surface area (Å²) in [5, 5.41) is 33.9. The maximum Gasteiger partial charge on any atom is 0.488 e. The Kier molecular flexibility index (Phi) is 5.36. The van der Waals surface area contributed by atoms with Crippen LogP contribution in [0.25, 0.3) is 17.3 Å². The van der Waals surface area contributed by atoms with Gasteiger partial charge in [-0.05, 0) is 36.0 Å². The molecule has 5 rings (SSSR count). The van der Waals surface area contributed by atoms with Gasteiger partial charge in [0.25, 0.3) is 5.91 Å². The number of hydrogen-bond acceptors (Lipinski definition) is 9. The fourth-order valence-corrected chi connectivity index (χ4v) is 3.90. The van der Waals surface area contributed by atoms with Crippen molar-refractivity contribution in [3.05, 3.63) is 59.3 Å². The largest absolute Gasteiger partial charge is 0.488 e. The zero-order chi connectivity index (χ0) is 22.9. The third-order valence-corrected chi connectivity index (χ3v) is 5.51. The standard InChI is InChI=1S/C21H21BN8O3/c23-16(31)14-7-3-9-30-20(14)28-29-21(30)19-26-17-15(6-2-8-24-17)18(27-19)25-11-12-4-1-5-13(10-12)22(32)33/h1,3-5,7,9-10,32-33H,2,6,8,11H2,(H2,23,31)(H2,24,25,26,27). The van der Waals surface area contributed by atoms with Crippen LogP contribution in [0.2, 0.25) is 0 Å². The van der Waals surface area contributed by atoms with Crippen LogP contribution in [0.4, 0.5) is 11.6 Å². The second-order valence-electron chi connectivity index (χ2n) is 7.73. The number of fused-ring (bicyclic) bond motifs is 2. The van der Waals surface area contributed by atoms with Gasteiger partial charge in [-0.15, -0.1) is 10.2 Å². The van der Waals surface area contributed by atoms with Crippen molar-refractivity contribution in [2.24, 2.45) is 5.73 Å². The van der Waals surface area contributed by atoms with Gasteiger partial charge >= 0.3 is 7.12 Å². The van der Waals surface area contributed by atoms with Gasteiger partial charge in [0.15, 0.2) is 5.65 Å². The summed E-state index contributed by atoms with van der Waals surface area (Å²) in [5.74, 6) is 1.51. The lowest BCUT2D eigenvalue weighted by atomic mass is 9.79. The molecule has 4 aromatic rings. The number of anilines is 2. The lowest BCUT2D eigenvalue weighted by molar-refractivity contribution is 0.100. The number of aromatic nitrogens is 5. The summed E-state index contributed by atoms with van der Waals surface area (Å²) in [5.41, 5.74) is 8.32. The topological polar surface area (TPSA) is 164 Å². The molecule has 1 aromatic carbocycles. The Balaban J connectivity index is 1.54. The van der Waals surface area contributed by atoms with Gasteiger partial charge in [-0.2, -0.15) is 0 Å². The number of rotatable bonds is 6. The Morgan fingerprint density at radius 1 is 1.21 bits per heavy atom. The van der Waals surface area contributed by atoms with Gasteiger partial charge in [-0.3, -0.25) is 9.20 Å². The normalized spacial score (nSPS) is 12.8. The highest BCUT2D eigenvalue weighted by molar-refractivity contribution is 6.58. The molecule has 0 bridgehead atoms. The lowest BCUT2D eigenvalue weighted by Crippen LogP contribution is -2.30. The Morgan fingerprint density at radius 2 is 2.09 bits per heavy atom. The first-order chi connectivity index (χ1) is 16.0. The number of carbonyl (C=O) groups is 1. The van der Waals surface area contributed by atoms with Crippen molar-refractivity contribution in [2.45, 2.75) is 19.4 Å². The first kappa shape index (κ1) is 20.9. The number of nitrogens with one attached hydrogen (secondary N) is 2. The number of pyridine rings is 1. The van der Waals surface area contributed by atoms with Crippen LogP contribution in [0, 0.1) is 0 Å². The van der Waals surface area contributed by atoms with Crippen molar-refractivity contribution in [3.63, 3.8) is 0 Å². The molecule has 0 aliphatic carbocycles. The van der Waals surface area contributed by atoms with Crippen LogP contribution < -0.4 is 21.8 Å². The second-order valence-corrected chi connectivity index (χ2v) is 7.73. The monoisotopic (exact) mass is 444 g/mol. The number of primary amides is 1. The summed E-state index contributed by atoms with van der Waals surface area (Å²) in [4.78, 5) is 21.1. The van der Waals surface area contributed by atoms with Crippen molar-refractivity contribution >= 4 is 35.8 Å². The summed E-state index contributed by atoms with van der Waals surface area (Å²) in [6.45, 7) is 1.22. The van der Waals surface area contributed by atoms with E-state index in [9.17, 15) is 14.8 Å². The Morgan fingerprint density at radius 3 is 2.91 bits per heavy atom. The minimum Gasteiger partial charge on any atom is -0.423 e. The predicted octanol–water partition coefficient (Wildman–Crippen LogP) is -0.0648. The predicted molar refractivity (Wildman–Crippen MR) is 123 cm³/mol. The summed E-state index contributed by atoms with van der Waals surface area (Å²) in [6.07, 6.45) is 3.49. The molecule has 1 aliphatic rings. The summed E-state index contributed by atoms with van der Waals surface area (Å²) < 4.78 is 1.64. The van der Waals surface area contributed by atoms with E-state index in [0.717, 1.165) is 36.3 Å². The molecule has 33 heavy (non-hydrogen) atoms. The van der Waals surface area contributed by atoms with Crippen LogP contribution in [-0.2, 0) is 13.0 Å². The first-order valence-electron chi connectivity index (χ1n) is 10.5. The van der Waals surface area contributed by atoms with Gasteiger partial charge in [0.1, 0.15) is 11.6 Å². The molecule has 0 unspecified atom stereocenters. The van der Waals surface area contributed by atoms with Crippen molar-refractivity contribution in [2.75, 3.05) is 17.2 Å². The van der Waals surface area contributed by atoms with E-state index in [1.807, 2.05) is 6.07 Å². The van der Waals surface area contributed by atoms with Gasteiger partial charge in [0.05, 0.1) is 5.56 Å². The lowest BCUT2D eigenvalue weighted by Gasteiger charge is -2.21. The molecule has 0 saturated carbocycles. The Labute approximate surface area is 188 Å². The summed E-state index contributed by atoms with van der Waals surface area (Å²) >= 11 is 0. The van der Waals surface area contributed by atoms with Crippen molar-refractivity contribution in [1.82, 2.24) is 24.6 Å². The molecule has 12 heteroatoms. The van der Waals surface area contributed by atoms with E-state index >= 15 is 0 Å². The second kappa shape index (κ2) is 8.49. The zero-order valence-corrected chi connectivity index (χ0v) is 17.6. The highest BCUT2D eigenvalue weighted by Gasteiger charge is 2.22. The molecule has 6 N–H and O–H groups in total. The third kappa shape index (κ3) is 3.97. The van der Waals surface area contributed by atoms with Crippen LogP contribution in [-0.4, -0.2) is 54.2 Å². The SMILES string of the molecule is NC(=O)c1cccn2c(-c3nc4c(c(NCc5cccc(B(O)O)c5)n3)CCCN4)nnc12.